The van der Waals surface area contributed by atoms with Crippen molar-refractivity contribution in [2.75, 3.05) is 7.05 Å². The topological polar surface area (TPSA) is 30.2 Å². The molecule has 0 aliphatic heterocycles. The molecule has 1 aliphatic carbocycles. The monoisotopic (exact) mass is 835 g/mol. The number of aliphatic imine (C=N–C) groups is 1. The molecule has 1 aliphatic rings. The largest absolute Gasteiger partial charge is 0.309 e. The van der Waals surface area contributed by atoms with Crippen molar-refractivity contribution in [2.45, 2.75) is 54.9 Å². The lowest BCUT2D eigenvalue weighted by Gasteiger charge is -2.25. The number of allylic oxidation sites excluding steroid dienone is 6. The molecule has 0 fully saturated rings. The van der Waals surface area contributed by atoms with Gasteiger partial charge in [0, 0.05) is 47.9 Å². The number of aromatic nitrogens is 2. The number of pyridine rings is 1. The van der Waals surface area contributed by atoms with E-state index < -0.39 is 0 Å². The second-order valence-corrected chi connectivity index (χ2v) is 15.4. The van der Waals surface area contributed by atoms with Crippen LogP contribution in [0.1, 0.15) is 74.4 Å². The van der Waals surface area contributed by atoms with Gasteiger partial charge in [0.05, 0.1) is 11.2 Å². The molecule has 0 saturated carbocycles. The van der Waals surface area contributed by atoms with Gasteiger partial charge in [-0.25, -0.2) is 0 Å². The highest BCUT2D eigenvalue weighted by Crippen LogP contribution is 2.50. The fourth-order valence-electron chi connectivity index (χ4n) is 8.33. The average molecular weight is 836 g/mol. The third kappa shape index (κ3) is 10.1. The van der Waals surface area contributed by atoms with E-state index in [1.165, 1.54) is 83.4 Å². The Morgan fingerprint density at radius 2 is 1.28 bits per heavy atom. The molecule has 0 bridgehead atoms. The van der Waals surface area contributed by atoms with Gasteiger partial charge < -0.3 is 4.57 Å². The van der Waals surface area contributed by atoms with Gasteiger partial charge in [-0.3, -0.25) is 9.98 Å². The minimum absolute atomic E-state index is 1.04. The van der Waals surface area contributed by atoms with Gasteiger partial charge in [0.1, 0.15) is 0 Å². The van der Waals surface area contributed by atoms with E-state index in [4.69, 9.17) is 0 Å². The Hall–Kier alpha value is -7.36. The van der Waals surface area contributed by atoms with Gasteiger partial charge in [0.25, 0.3) is 0 Å². The molecular weight excluding hydrogens is 775 g/mol. The van der Waals surface area contributed by atoms with Crippen LogP contribution in [0.25, 0.3) is 66.8 Å². The number of aryl methyl sites for hydroxylation is 2. The van der Waals surface area contributed by atoms with Crippen molar-refractivity contribution >= 4 is 33.8 Å². The number of fused-ring (bicyclic) bond motifs is 7. The van der Waals surface area contributed by atoms with Gasteiger partial charge in [-0.1, -0.05) is 191 Å². The van der Waals surface area contributed by atoms with E-state index in [0.29, 0.717) is 0 Å². The van der Waals surface area contributed by atoms with E-state index in [0.717, 1.165) is 23.2 Å². The summed E-state index contributed by atoms with van der Waals surface area (Å²) >= 11 is 0. The molecule has 0 saturated heterocycles. The summed E-state index contributed by atoms with van der Waals surface area (Å²) in [7, 11) is 1.80. The smallest absolute Gasteiger partial charge is 0.0625 e. The fourth-order valence-corrected chi connectivity index (χ4v) is 8.33. The highest BCUT2D eigenvalue weighted by molar-refractivity contribution is 6.14. The van der Waals surface area contributed by atoms with E-state index >= 15 is 0 Å². The lowest BCUT2D eigenvalue weighted by atomic mass is 9.80. The van der Waals surface area contributed by atoms with Gasteiger partial charge in [0.15, 0.2) is 0 Å². The maximum atomic E-state index is 4.33. The zero-order valence-electron chi connectivity index (χ0n) is 38.8. The minimum Gasteiger partial charge on any atom is -0.309 e. The number of benzene rings is 6. The summed E-state index contributed by atoms with van der Waals surface area (Å²) in [6.07, 6.45) is 14.5. The van der Waals surface area contributed by atoms with Crippen molar-refractivity contribution in [3.05, 3.63) is 234 Å². The Morgan fingerprint density at radius 1 is 0.656 bits per heavy atom. The summed E-state index contributed by atoms with van der Waals surface area (Å²) in [6, 6.07) is 57.0. The van der Waals surface area contributed by atoms with Crippen LogP contribution in [0.15, 0.2) is 206 Å². The van der Waals surface area contributed by atoms with E-state index in [1.807, 2.05) is 57.6 Å². The van der Waals surface area contributed by atoms with Crippen LogP contribution in [0.5, 0.6) is 0 Å². The van der Waals surface area contributed by atoms with Crippen LogP contribution < -0.4 is 0 Å². The van der Waals surface area contributed by atoms with E-state index in [-0.39, 0.29) is 0 Å². The molecule has 6 aromatic carbocycles. The highest BCUT2D eigenvalue weighted by Gasteiger charge is 2.29. The van der Waals surface area contributed by atoms with Crippen LogP contribution in [-0.4, -0.2) is 22.8 Å². The maximum absolute atomic E-state index is 4.33. The molecule has 0 spiro atoms. The molecule has 0 unspecified atom stereocenters. The van der Waals surface area contributed by atoms with Crippen LogP contribution in [0.2, 0.25) is 0 Å². The first-order chi connectivity index (χ1) is 31.4. The maximum Gasteiger partial charge on any atom is 0.0625 e. The van der Waals surface area contributed by atoms with Crippen LogP contribution in [0.3, 0.4) is 0 Å². The standard InChI is InChI=1S/C41H30N2.C13H17N.C5H8.C2H6/c1-27-12-3-4-14-32(27)39-28(2)33-15-5-6-16-34(33)40-37-19-9-10-20-38(37)43(41(40)36-18-8-7-17-35(36)39)31-23-21-29(22-24-31)30-13-11-25-42-26-30;1-4-5-13(10-14-3)12-8-6-11(2)7-9-12;1-3-5-4-2;1-2/h3-26H,1-2H3;5-10H,4H2,1-3H3;3-5H,1H2,2H3;1-2H3/b33-28?,39-28-,39-35?,40-34?,41-36?;13-5+,14-10?;5-4-;. The quantitative estimate of drug-likeness (QED) is 0.116. The minimum atomic E-state index is 1.04. The van der Waals surface area contributed by atoms with Gasteiger partial charge in [0.2, 0.25) is 0 Å². The first kappa shape index (κ1) is 46.2. The summed E-state index contributed by atoms with van der Waals surface area (Å²) in [5.41, 5.74) is 21.0. The molecule has 3 heteroatoms. The Labute approximate surface area is 382 Å². The Kier molecular flexibility index (Phi) is 16.3. The summed E-state index contributed by atoms with van der Waals surface area (Å²) in [4.78, 5) is 8.39. The van der Waals surface area contributed by atoms with Gasteiger partial charge in [-0.2, -0.15) is 0 Å². The molecule has 64 heavy (non-hydrogen) atoms. The molecule has 0 N–H and O–H groups in total. The zero-order chi connectivity index (χ0) is 45.4. The van der Waals surface area contributed by atoms with Gasteiger partial charge in [-0.05, 0) is 120 Å². The SMILES string of the molecule is C/C1=C(\c2ccccc2C)c2ccccc2-c2c(c3ccccc3n2-c2ccc(-c3cccnc3)cc2)-c2ccccc21.C=C/C=C\C.CC.CC/C=C(\C=NC)c1ccc(C)cc1. The van der Waals surface area contributed by atoms with Crippen molar-refractivity contribution < 1.29 is 0 Å². The molecule has 0 atom stereocenters. The molecule has 8 aromatic rings. The third-order valence-corrected chi connectivity index (χ3v) is 11.2. The Balaban J connectivity index is 0.000000271. The first-order valence-corrected chi connectivity index (χ1v) is 22.4. The number of nitrogens with zero attached hydrogens (tertiary/aromatic N) is 3. The summed E-state index contributed by atoms with van der Waals surface area (Å²) in [6.45, 7) is 18.2. The molecule has 320 valence electrons. The Bertz CT molecular complexity index is 2920. The molecule has 0 amide bonds. The Morgan fingerprint density at radius 3 is 1.89 bits per heavy atom. The van der Waals surface area contributed by atoms with Crippen LogP contribution in [-0.2, 0) is 0 Å². The predicted molar refractivity (Wildman–Crippen MR) is 280 cm³/mol. The summed E-state index contributed by atoms with van der Waals surface area (Å²) in [5.74, 6) is 0. The molecule has 9 rings (SSSR count). The second kappa shape index (κ2) is 22.6. The third-order valence-electron chi connectivity index (χ3n) is 11.2. The van der Waals surface area contributed by atoms with E-state index in [9.17, 15) is 0 Å². The first-order valence-electron chi connectivity index (χ1n) is 22.4. The van der Waals surface area contributed by atoms with Crippen molar-refractivity contribution in [1.29, 1.82) is 0 Å². The fraction of sp³-hybridized carbons (Fsp3) is 0.148. The average Bonchev–Trinajstić information content (AvgIpc) is 3.68. The lowest BCUT2D eigenvalue weighted by Crippen LogP contribution is -2.05. The number of rotatable bonds is 7. The molecule has 2 aromatic heterocycles. The van der Waals surface area contributed by atoms with Crippen LogP contribution >= 0.6 is 0 Å². The van der Waals surface area contributed by atoms with Crippen LogP contribution in [0, 0.1) is 13.8 Å². The van der Waals surface area contributed by atoms with Crippen molar-refractivity contribution in [3.63, 3.8) is 0 Å². The van der Waals surface area contributed by atoms with Crippen molar-refractivity contribution in [3.8, 4) is 39.2 Å². The molecule has 0 radical (unpaired) electrons. The molecular formula is C61H61N3. The number of hydrogen-bond donors (Lipinski definition) is 0. The highest BCUT2D eigenvalue weighted by atomic mass is 15.0. The normalized spacial score (nSPS) is 12.9. The summed E-state index contributed by atoms with van der Waals surface area (Å²) < 4.78 is 2.46. The van der Waals surface area contributed by atoms with E-state index in [2.05, 4.69) is 207 Å². The number of para-hydroxylation sites is 1. The lowest BCUT2D eigenvalue weighted by molar-refractivity contribution is 1.13. The zero-order valence-corrected chi connectivity index (χ0v) is 38.8. The van der Waals surface area contributed by atoms with Crippen molar-refractivity contribution in [1.82, 2.24) is 9.55 Å². The molecule has 2 heterocycles. The van der Waals surface area contributed by atoms with Crippen LogP contribution in [0.4, 0.5) is 0 Å². The summed E-state index contributed by atoms with van der Waals surface area (Å²) in [5, 5.41) is 1.25. The van der Waals surface area contributed by atoms with Crippen molar-refractivity contribution in [2.24, 2.45) is 4.99 Å². The van der Waals surface area contributed by atoms with E-state index in [1.54, 1.807) is 13.1 Å². The van der Waals surface area contributed by atoms with Gasteiger partial charge in [-0.15, -0.1) is 0 Å². The number of hydrogen-bond acceptors (Lipinski definition) is 2. The molecule has 3 nitrogen and oxygen atoms in total. The predicted octanol–water partition coefficient (Wildman–Crippen LogP) is 16.9. The second-order valence-electron chi connectivity index (χ2n) is 15.4. The van der Waals surface area contributed by atoms with Gasteiger partial charge >= 0.3 is 0 Å².